The Morgan fingerprint density at radius 2 is 2.11 bits per heavy atom. The summed E-state index contributed by atoms with van der Waals surface area (Å²) in [5.74, 6) is 1.28. The third-order valence-electron chi connectivity index (χ3n) is 4.53. The molecule has 2 unspecified atom stereocenters. The van der Waals surface area contributed by atoms with Gasteiger partial charge in [-0.2, -0.15) is 0 Å². The van der Waals surface area contributed by atoms with Gasteiger partial charge in [0, 0.05) is 0 Å². The van der Waals surface area contributed by atoms with Gasteiger partial charge in [0.1, 0.15) is 5.82 Å². The topological polar surface area (TPSA) is 12.0 Å². The van der Waals surface area contributed by atoms with E-state index in [4.69, 9.17) is 0 Å². The molecule has 0 heterocycles. The molecule has 2 rings (SSSR count). The molecule has 0 amide bonds. The van der Waals surface area contributed by atoms with Crippen LogP contribution in [-0.2, 0) is 6.42 Å². The average molecular weight is 263 g/mol. The van der Waals surface area contributed by atoms with Gasteiger partial charge >= 0.3 is 0 Å². The molecule has 0 spiro atoms. The van der Waals surface area contributed by atoms with E-state index in [9.17, 15) is 4.39 Å². The lowest BCUT2D eigenvalue weighted by Crippen LogP contribution is -2.36. The van der Waals surface area contributed by atoms with Crippen LogP contribution in [0.4, 0.5) is 4.39 Å². The number of halogens is 1. The summed E-state index contributed by atoms with van der Waals surface area (Å²) in [6.45, 7) is 5.80. The Bertz CT molecular complexity index is 413. The summed E-state index contributed by atoms with van der Waals surface area (Å²) in [6.07, 6.45) is 4.84. The van der Waals surface area contributed by atoms with Crippen molar-refractivity contribution in [2.24, 2.45) is 17.3 Å². The molecule has 1 nitrogen and oxygen atoms in total. The van der Waals surface area contributed by atoms with E-state index in [0.29, 0.717) is 11.3 Å². The van der Waals surface area contributed by atoms with E-state index >= 15 is 0 Å². The van der Waals surface area contributed by atoms with Crippen molar-refractivity contribution in [3.63, 3.8) is 0 Å². The van der Waals surface area contributed by atoms with Crippen molar-refractivity contribution in [1.29, 1.82) is 0 Å². The zero-order valence-corrected chi connectivity index (χ0v) is 12.4. The predicted octanol–water partition coefficient (Wildman–Crippen LogP) is 4.03. The minimum Gasteiger partial charge on any atom is -0.319 e. The van der Waals surface area contributed by atoms with Crippen LogP contribution in [0.5, 0.6) is 0 Å². The van der Waals surface area contributed by atoms with Crippen LogP contribution >= 0.6 is 0 Å². The third-order valence-corrected chi connectivity index (χ3v) is 4.53. The number of rotatable bonds is 4. The molecule has 1 aromatic rings. The van der Waals surface area contributed by atoms with Gasteiger partial charge in [0.05, 0.1) is 0 Å². The van der Waals surface area contributed by atoms with Gasteiger partial charge in [-0.1, -0.05) is 26.0 Å². The Morgan fingerprint density at radius 1 is 1.32 bits per heavy atom. The van der Waals surface area contributed by atoms with Gasteiger partial charge < -0.3 is 5.32 Å². The van der Waals surface area contributed by atoms with Crippen LogP contribution in [0, 0.1) is 23.1 Å². The van der Waals surface area contributed by atoms with Crippen molar-refractivity contribution in [2.75, 3.05) is 13.6 Å². The molecule has 1 aliphatic carbocycles. The molecule has 1 fully saturated rings. The van der Waals surface area contributed by atoms with E-state index in [2.05, 4.69) is 25.2 Å². The third kappa shape index (κ3) is 4.04. The Balaban J connectivity index is 2.09. The predicted molar refractivity (Wildman–Crippen MR) is 78.6 cm³/mol. The van der Waals surface area contributed by atoms with Crippen molar-refractivity contribution in [3.05, 3.63) is 35.6 Å². The lowest BCUT2D eigenvalue weighted by Gasteiger charge is -2.41. The average Bonchev–Trinajstić information content (AvgIpc) is 2.32. The number of hydrogen-bond acceptors (Lipinski definition) is 1. The summed E-state index contributed by atoms with van der Waals surface area (Å²) in [5, 5.41) is 3.32. The molecular weight excluding hydrogens is 237 g/mol. The lowest BCUT2D eigenvalue weighted by molar-refractivity contribution is 0.117. The fraction of sp³-hybridized carbons (Fsp3) is 0.647. The summed E-state index contributed by atoms with van der Waals surface area (Å²) in [7, 11) is 2.03. The van der Waals surface area contributed by atoms with E-state index in [1.54, 1.807) is 6.07 Å². The van der Waals surface area contributed by atoms with Crippen molar-refractivity contribution in [1.82, 2.24) is 5.32 Å². The van der Waals surface area contributed by atoms with Crippen molar-refractivity contribution < 1.29 is 4.39 Å². The summed E-state index contributed by atoms with van der Waals surface area (Å²) in [5.41, 5.74) is 1.58. The normalized spacial score (nSPS) is 26.3. The molecule has 0 radical (unpaired) electrons. The second-order valence-corrected chi connectivity index (χ2v) is 6.82. The summed E-state index contributed by atoms with van der Waals surface area (Å²) in [6, 6.07) is 7.10. The molecule has 0 saturated heterocycles. The Kier molecular flexibility index (Phi) is 4.62. The van der Waals surface area contributed by atoms with Gasteiger partial charge in [-0.15, -0.1) is 0 Å². The summed E-state index contributed by atoms with van der Waals surface area (Å²) >= 11 is 0. The lowest BCUT2D eigenvalue weighted by atomic mass is 9.65. The zero-order chi connectivity index (χ0) is 13.9. The van der Waals surface area contributed by atoms with E-state index in [-0.39, 0.29) is 5.82 Å². The standard InChI is InChI=1S/C17H26FN/c1-17(2)8-7-14(12-19-3)15(11-17)9-13-5-4-6-16(18)10-13/h4-6,10,14-15,19H,7-9,11-12H2,1-3H3. The molecule has 19 heavy (non-hydrogen) atoms. The molecule has 1 N–H and O–H groups in total. The van der Waals surface area contributed by atoms with Gasteiger partial charge in [0.2, 0.25) is 0 Å². The molecule has 2 atom stereocenters. The second-order valence-electron chi connectivity index (χ2n) is 6.82. The minimum absolute atomic E-state index is 0.113. The monoisotopic (exact) mass is 263 g/mol. The van der Waals surface area contributed by atoms with Crippen LogP contribution in [0.1, 0.15) is 38.7 Å². The SMILES string of the molecule is CNCC1CCC(C)(C)CC1Cc1cccc(F)c1. The molecule has 2 heteroatoms. The van der Waals surface area contributed by atoms with Crippen molar-refractivity contribution in [3.8, 4) is 0 Å². The van der Waals surface area contributed by atoms with Gasteiger partial charge in [-0.3, -0.25) is 0 Å². The van der Waals surface area contributed by atoms with E-state index in [1.807, 2.05) is 13.1 Å². The van der Waals surface area contributed by atoms with Crippen LogP contribution in [-0.4, -0.2) is 13.6 Å². The Labute approximate surface area is 116 Å². The highest BCUT2D eigenvalue weighted by atomic mass is 19.1. The summed E-state index contributed by atoms with van der Waals surface area (Å²) < 4.78 is 13.3. The highest BCUT2D eigenvalue weighted by molar-refractivity contribution is 5.17. The zero-order valence-electron chi connectivity index (χ0n) is 12.4. The van der Waals surface area contributed by atoms with Crippen LogP contribution in [0.25, 0.3) is 0 Å². The first-order valence-electron chi connectivity index (χ1n) is 7.39. The van der Waals surface area contributed by atoms with Gasteiger partial charge in [0.25, 0.3) is 0 Å². The Morgan fingerprint density at radius 3 is 2.79 bits per heavy atom. The van der Waals surface area contributed by atoms with E-state index in [1.165, 1.54) is 25.3 Å². The van der Waals surface area contributed by atoms with Crippen LogP contribution in [0.3, 0.4) is 0 Å². The van der Waals surface area contributed by atoms with E-state index < -0.39 is 0 Å². The van der Waals surface area contributed by atoms with E-state index in [0.717, 1.165) is 24.4 Å². The number of hydrogen-bond donors (Lipinski definition) is 1. The molecule has 106 valence electrons. The van der Waals surface area contributed by atoms with Crippen LogP contribution in [0.15, 0.2) is 24.3 Å². The van der Waals surface area contributed by atoms with Gasteiger partial charge in [-0.25, -0.2) is 4.39 Å². The number of nitrogens with one attached hydrogen (secondary N) is 1. The second kappa shape index (κ2) is 6.04. The fourth-order valence-electron chi connectivity index (χ4n) is 3.53. The quantitative estimate of drug-likeness (QED) is 0.865. The first kappa shape index (κ1) is 14.5. The highest BCUT2D eigenvalue weighted by Gasteiger charge is 2.34. The maximum Gasteiger partial charge on any atom is 0.123 e. The molecular formula is C17H26FN. The maximum absolute atomic E-state index is 13.3. The Hall–Kier alpha value is -0.890. The highest BCUT2D eigenvalue weighted by Crippen LogP contribution is 2.42. The maximum atomic E-state index is 13.3. The van der Waals surface area contributed by atoms with Crippen LogP contribution < -0.4 is 5.32 Å². The minimum atomic E-state index is -0.113. The molecule has 1 aromatic carbocycles. The molecule has 0 aliphatic heterocycles. The van der Waals surface area contributed by atoms with Crippen molar-refractivity contribution >= 4 is 0 Å². The van der Waals surface area contributed by atoms with Crippen molar-refractivity contribution in [2.45, 2.75) is 39.5 Å². The molecule has 1 aliphatic rings. The largest absolute Gasteiger partial charge is 0.319 e. The summed E-state index contributed by atoms with van der Waals surface area (Å²) in [4.78, 5) is 0. The van der Waals surface area contributed by atoms with Gasteiger partial charge in [0.15, 0.2) is 0 Å². The van der Waals surface area contributed by atoms with Gasteiger partial charge in [-0.05, 0) is 74.2 Å². The van der Waals surface area contributed by atoms with Crippen LogP contribution in [0.2, 0.25) is 0 Å². The first-order valence-corrected chi connectivity index (χ1v) is 7.39. The number of benzene rings is 1. The smallest absolute Gasteiger partial charge is 0.123 e. The first-order chi connectivity index (χ1) is 9.00. The molecule has 0 aromatic heterocycles. The fourth-order valence-corrected chi connectivity index (χ4v) is 3.53. The molecule has 1 saturated carbocycles. The molecule has 0 bridgehead atoms.